The van der Waals surface area contributed by atoms with E-state index in [2.05, 4.69) is 10.3 Å². The molecular formula is C11H12Cl2N2O. The highest BCUT2D eigenvalue weighted by molar-refractivity contribution is 6.53. The van der Waals surface area contributed by atoms with Gasteiger partial charge in [0.2, 0.25) is 5.91 Å². The van der Waals surface area contributed by atoms with Gasteiger partial charge in [0.25, 0.3) is 0 Å². The standard InChI is InChI=1S/C11H12Cl2N2O/c1-7-3-4-14-5-8(7)15-9(16)10(2)6-11(10,12)13/h3-5H,6H2,1-2H3,(H,15,16). The van der Waals surface area contributed by atoms with Gasteiger partial charge in [-0.2, -0.15) is 0 Å². The van der Waals surface area contributed by atoms with Crippen molar-refractivity contribution in [2.75, 3.05) is 5.32 Å². The number of hydrogen-bond acceptors (Lipinski definition) is 2. The lowest BCUT2D eigenvalue weighted by Gasteiger charge is -2.13. The third-order valence-corrected chi connectivity index (χ3v) is 4.15. The molecule has 0 aliphatic heterocycles. The van der Waals surface area contributed by atoms with Crippen molar-refractivity contribution in [3.8, 4) is 0 Å². The van der Waals surface area contributed by atoms with Crippen molar-refractivity contribution in [3.63, 3.8) is 0 Å². The number of halogens is 2. The SMILES string of the molecule is Cc1ccncc1NC(=O)C1(C)CC1(Cl)Cl. The number of amides is 1. The summed E-state index contributed by atoms with van der Waals surface area (Å²) in [6, 6.07) is 1.83. The molecule has 1 fully saturated rings. The molecule has 1 aliphatic carbocycles. The lowest BCUT2D eigenvalue weighted by molar-refractivity contribution is -0.120. The molecule has 0 bridgehead atoms. The van der Waals surface area contributed by atoms with Crippen molar-refractivity contribution in [2.45, 2.75) is 24.6 Å². The van der Waals surface area contributed by atoms with E-state index in [1.165, 1.54) is 0 Å². The maximum Gasteiger partial charge on any atom is 0.233 e. The number of aryl methyl sites for hydroxylation is 1. The Bertz CT molecular complexity index is 447. The predicted molar refractivity (Wildman–Crippen MR) is 64.8 cm³/mol. The number of hydrogen-bond donors (Lipinski definition) is 1. The Morgan fingerprint density at radius 1 is 1.56 bits per heavy atom. The highest BCUT2D eigenvalue weighted by Gasteiger charge is 2.67. The molecule has 16 heavy (non-hydrogen) atoms. The van der Waals surface area contributed by atoms with E-state index >= 15 is 0 Å². The summed E-state index contributed by atoms with van der Waals surface area (Å²) in [7, 11) is 0. The van der Waals surface area contributed by atoms with Gasteiger partial charge in [0, 0.05) is 6.20 Å². The van der Waals surface area contributed by atoms with Crippen LogP contribution in [0.5, 0.6) is 0 Å². The highest BCUT2D eigenvalue weighted by Crippen LogP contribution is 2.64. The number of nitrogens with one attached hydrogen (secondary N) is 1. The van der Waals surface area contributed by atoms with Crippen LogP contribution in [0.25, 0.3) is 0 Å². The minimum atomic E-state index is -0.937. The van der Waals surface area contributed by atoms with Gasteiger partial charge >= 0.3 is 0 Å². The summed E-state index contributed by atoms with van der Waals surface area (Å²) in [4.78, 5) is 15.9. The van der Waals surface area contributed by atoms with E-state index < -0.39 is 9.75 Å². The van der Waals surface area contributed by atoms with Crippen LogP contribution < -0.4 is 5.32 Å². The molecule has 1 aliphatic rings. The zero-order valence-electron chi connectivity index (χ0n) is 9.05. The van der Waals surface area contributed by atoms with Gasteiger partial charge in [-0.3, -0.25) is 9.78 Å². The Labute approximate surface area is 104 Å². The lowest BCUT2D eigenvalue weighted by atomic mass is 10.1. The molecule has 0 saturated heterocycles. The smallest absolute Gasteiger partial charge is 0.233 e. The van der Waals surface area contributed by atoms with Crippen molar-refractivity contribution in [1.29, 1.82) is 0 Å². The van der Waals surface area contributed by atoms with Gasteiger partial charge in [-0.15, -0.1) is 23.2 Å². The summed E-state index contributed by atoms with van der Waals surface area (Å²) in [6.45, 7) is 3.66. The van der Waals surface area contributed by atoms with E-state index in [0.717, 1.165) is 5.56 Å². The average Bonchev–Trinajstić information content (AvgIpc) is 2.71. The second kappa shape index (κ2) is 3.60. The number of alkyl halides is 2. The number of anilines is 1. The third kappa shape index (κ3) is 1.78. The van der Waals surface area contributed by atoms with Crippen molar-refractivity contribution in [2.24, 2.45) is 5.41 Å². The summed E-state index contributed by atoms with van der Waals surface area (Å²) in [5, 5.41) is 2.80. The Morgan fingerprint density at radius 3 is 2.69 bits per heavy atom. The number of aromatic nitrogens is 1. The van der Waals surface area contributed by atoms with Crippen LogP contribution in [0.15, 0.2) is 18.5 Å². The normalized spacial score (nSPS) is 26.2. The molecule has 0 spiro atoms. The molecule has 0 radical (unpaired) electrons. The van der Waals surface area contributed by atoms with E-state index in [-0.39, 0.29) is 5.91 Å². The molecule has 2 rings (SSSR count). The van der Waals surface area contributed by atoms with Crippen molar-refractivity contribution >= 4 is 34.8 Å². The first-order valence-electron chi connectivity index (χ1n) is 4.97. The largest absolute Gasteiger partial charge is 0.324 e. The van der Waals surface area contributed by atoms with Crippen LogP contribution in [-0.2, 0) is 4.79 Å². The number of carbonyl (C=O) groups excluding carboxylic acids is 1. The first-order valence-corrected chi connectivity index (χ1v) is 5.72. The molecule has 1 atom stereocenters. The maximum absolute atomic E-state index is 12.0. The molecule has 1 N–H and O–H groups in total. The fourth-order valence-corrected chi connectivity index (χ4v) is 2.21. The molecule has 3 nitrogen and oxygen atoms in total. The van der Waals surface area contributed by atoms with E-state index in [0.29, 0.717) is 12.1 Å². The van der Waals surface area contributed by atoms with Gasteiger partial charge in [-0.1, -0.05) is 0 Å². The van der Waals surface area contributed by atoms with Gasteiger partial charge in [0.1, 0.15) is 4.33 Å². The zero-order chi connectivity index (χ0) is 12.0. The Kier molecular flexibility index (Phi) is 2.63. The Hall–Kier alpha value is -0.800. The molecule has 0 aromatic carbocycles. The first-order chi connectivity index (χ1) is 7.37. The van der Waals surface area contributed by atoms with Gasteiger partial charge in [-0.25, -0.2) is 0 Å². The van der Waals surface area contributed by atoms with Crippen LogP contribution in [0.4, 0.5) is 5.69 Å². The van der Waals surface area contributed by atoms with Gasteiger partial charge < -0.3 is 5.32 Å². The summed E-state index contributed by atoms with van der Waals surface area (Å²) in [5.74, 6) is -0.159. The van der Waals surface area contributed by atoms with Crippen molar-refractivity contribution in [1.82, 2.24) is 4.98 Å². The summed E-state index contributed by atoms with van der Waals surface area (Å²) < 4.78 is -0.937. The summed E-state index contributed by atoms with van der Waals surface area (Å²) in [5.41, 5.74) is 0.963. The second-order valence-corrected chi connectivity index (χ2v) is 5.84. The Balaban J connectivity index is 2.13. The van der Waals surface area contributed by atoms with Crippen LogP contribution in [-0.4, -0.2) is 15.2 Å². The molecule has 1 amide bonds. The topological polar surface area (TPSA) is 42.0 Å². The number of carbonyl (C=O) groups is 1. The molecule has 1 aromatic heterocycles. The van der Waals surface area contributed by atoms with Gasteiger partial charge in [0.15, 0.2) is 0 Å². The molecule has 1 aromatic rings. The lowest BCUT2D eigenvalue weighted by Crippen LogP contribution is -2.26. The molecule has 1 saturated carbocycles. The molecule has 1 unspecified atom stereocenters. The van der Waals surface area contributed by atoms with Crippen molar-refractivity contribution in [3.05, 3.63) is 24.0 Å². The fourth-order valence-electron chi connectivity index (χ4n) is 1.50. The molecule has 86 valence electrons. The number of pyridine rings is 1. The fraction of sp³-hybridized carbons (Fsp3) is 0.455. The van der Waals surface area contributed by atoms with Gasteiger partial charge in [0.05, 0.1) is 17.3 Å². The van der Waals surface area contributed by atoms with Gasteiger partial charge in [-0.05, 0) is 31.9 Å². The van der Waals surface area contributed by atoms with Crippen molar-refractivity contribution < 1.29 is 4.79 Å². The second-order valence-electron chi connectivity index (χ2n) is 4.36. The van der Waals surface area contributed by atoms with Crippen LogP contribution >= 0.6 is 23.2 Å². The minimum absolute atomic E-state index is 0.159. The first kappa shape index (κ1) is 11.7. The Morgan fingerprint density at radius 2 is 2.19 bits per heavy atom. The summed E-state index contributed by atoms with van der Waals surface area (Å²) in [6.07, 6.45) is 3.77. The van der Waals surface area contributed by atoms with E-state index in [1.54, 1.807) is 19.3 Å². The quantitative estimate of drug-likeness (QED) is 0.830. The third-order valence-electron chi connectivity index (χ3n) is 3.05. The van der Waals surface area contributed by atoms with E-state index in [1.807, 2.05) is 13.0 Å². The van der Waals surface area contributed by atoms with Crippen LogP contribution in [0.1, 0.15) is 18.9 Å². The van der Waals surface area contributed by atoms with E-state index in [4.69, 9.17) is 23.2 Å². The highest BCUT2D eigenvalue weighted by atomic mass is 35.5. The maximum atomic E-state index is 12.0. The molecule has 5 heteroatoms. The van der Waals surface area contributed by atoms with Crippen LogP contribution in [0, 0.1) is 12.3 Å². The predicted octanol–water partition coefficient (Wildman–Crippen LogP) is 2.91. The monoisotopic (exact) mass is 258 g/mol. The molecule has 1 heterocycles. The number of rotatable bonds is 2. The number of nitrogens with zero attached hydrogens (tertiary/aromatic N) is 1. The molecular weight excluding hydrogens is 247 g/mol. The minimum Gasteiger partial charge on any atom is -0.324 e. The average molecular weight is 259 g/mol. The van der Waals surface area contributed by atoms with Crippen LogP contribution in [0.3, 0.4) is 0 Å². The zero-order valence-corrected chi connectivity index (χ0v) is 10.6. The van der Waals surface area contributed by atoms with Crippen LogP contribution in [0.2, 0.25) is 0 Å². The summed E-state index contributed by atoms with van der Waals surface area (Å²) >= 11 is 11.9. The van der Waals surface area contributed by atoms with E-state index in [9.17, 15) is 4.79 Å².